The predicted octanol–water partition coefficient (Wildman–Crippen LogP) is 3.89. The Bertz CT molecular complexity index is 183. The van der Waals surface area contributed by atoms with Crippen molar-refractivity contribution in [1.82, 2.24) is 0 Å². The number of carbonyl (C=O) groups excluding carboxylic acids is 1. The van der Waals surface area contributed by atoms with Crippen LogP contribution < -0.4 is 0 Å². The number of hydrogen-bond donors (Lipinski definition) is 0. The van der Waals surface area contributed by atoms with Crippen LogP contribution in [-0.4, -0.2) is 12.6 Å². The highest BCUT2D eigenvalue weighted by Gasteiger charge is 2.16. The molecule has 1 aliphatic rings. The van der Waals surface area contributed by atoms with Crippen molar-refractivity contribution in [1.29, 1.82) is 0 Å². The van der Waals surface area contributed by atoms with E-state index in [2.05, 4.69) is 6.92 Å². The van der Waals surface area contributed by atoms with Crippen molar-refractivity contribution in [3.8, 4) is 0 Å². The lowest BCUT2D eigenvalue weighted by atomic mass is 10.1. The Morgan fingerprint density at radius 1 is 1.25 bits per heavy atom. The van der Waals surface area contributed by atoms with Gasteiger partial charge in [-0.15, -0.1) is 0 Å². The molecule has 0 heterocycles. The summed E-state index contributed by atoms with van der Waals surface area (Å²) in [5.74, 6) is 0.529. The zero-order chi connectivity index (χ0) is 11.6. The zero-order valence-electron chi connectivity index (χ0n) is 10.5. The summed E-state index contributed by atoms with van der Waals surface area (Å²) in [6.45, 7) is 2.84. The largest absolute Gasteiger partial charge is 0.465 e. The molecule has 0 aromatic rings. The fraction of sp³-hybridized carbons (Fsp3) is 0.857. The monoisotopic (exact) mass is 225 g/mol. The van der Waals surface area contributed by atoms with E-state index in [-0.39, 0.29) is 5.97 Å². The second kappa shape index (κ2) is 8.60. The third kappa shape index (κ3) is 6.14. The normalized spacial score (nSPS) is 16.6. The van der Waals surface area contributed by atoms with Gasteiger partial charge in [0.05, 0.1) is 13.0 Å². The smallest absolute Gasteiger partial charge is 0.309 e. The summed E-state index contributed by atoms with van der Waals surface area (Å²) < 4.78 is 5.24. The molecule has 1 saturated carbocycles. The zero-order valence-corrected chi connectivity index (χ0v) is 10.5. The van der Waals surface area contributed by atoms with Crippen molar-refractivity contribution in [3.63, 3.8) is 0 Å². The Labute approximate surface area is 99.8 Å². The minimum atomic E-state index is -0.108. The van der Waals surface area contributed by atoms with Crippen LogP contribution >= 0.6 is 0 Å². The molecule has 1 rings (SSSR count). The summed E-state index contributed by atoms with van der Waals surface area (Å²) in [7, 11) is 0. The molecule has 0 aliphatic heterocycles. The number of unbranched alkanes of at least 4 members (excludes halogenated alkanes) is 4. The van der Waals surface area contributed by atoms with E-state index in [1.54, 1.807) is 6.42 Å². The Morgan fingerprint density at radius 3 is 2.69 bits per heavy atom. The van der Waals surface area contributed by atoms with Gasteiger partial charge in [0.25, 0.3) is 0 Å². The van der Waals surface area contributed by atoms with Crippen LogP contribution in [0, 0.1) is 12.3 Å². The molecule has 1 fully saturated rings. The fourth-order valence-corrected chi connectivity index (χ4v) is 2.23. The summed E-state index contributed by atoms with van der Waals surface area (Å²) in [6, 6.07) is 0. The third-order valence-electron chi connectivity index (χ3n) is 3.30. The van der Waals surface area contributed by atoms with E-state index in [1.165, 1.54) is 44.9 Å². The fourth-order valence-electron chi connectivity index (χ4n) is 2.23. The number of carbonyl (C=O) groups is 1. The Hall–Kier alpha value is -0.530. The average molecular weight is 225 g/mol. The number of esters is 1. The van der Waals surface area contributed by atoms with E-state index in [0.29, 0.717) is 12.5 Å². The summed E-state index contributed by atoms with van der Waals surface area (Å²) in [4.78, 5) is 11.4. The van der Waals surface area contributed by atoms with Crippen molar-refractivity contribution in [2.75, 3.05) is 6.61 Å². The van der Waals surface area contributed by atoms with Gasteiger partial charge in [-0.1, -0.05) is 45.4 Å². The molecule has 2 heteroatoms. The van der Waals surface area contributed by atoms with Crippen molar-refractivity contribution in [2.45, 2.75) is 64.7 Å². The molecule has 1 radical (unpaired) electrons. The summed E-state index contributed by atoms with van der Waals surface area (Å²) in [5.41, 5.74) is 0. The summed E-state index contributed by atoms with van der Waals surface area (Å²) in [5, 5.41) is 0. The maximum Gasteiger partial charge on any atom is 0.309 e. The van der Waals surface area contributed by atoms with Crippen molar-refractivity contribution < 1.29 is 9.53 Å². The lowest BCUT2D eigenvalue weighted by Gasteiger charge is -2.09. The summed E-state index contributed by atoms with van der Waals surface area (Å²) >= 11 is 0. The number of rotatable bonds is 8. The van der Waals surface area contributed by atoms with Gasteiger partial charge in [0.1, 0.15) is 0 Å². The first kappa shape index (κ1) is 13.5. The number of ether oxygens (including phenoxy) is 1. The van der Waals surface area contributed by atoms with Crippen molar-refractivity contribution in [2.24, 2.45) is 5.92 Å². The molecule has 16 heavy (non-hydrogen) atoms. The first-order chi connectivity index (χ1) is 7.83. The van der Waals surface area contributed by atoms with Gasteiger partial charge in [0.2, 0.25) is 0 Å². The quantitative estimate of drug-likeness (QED) is 0.462. The van der Waals surface area contributed by atoms with Gasteiger partial charge in [-0.2, -0.15) is 0 Å². The third-order valence-corrected chi connectivity index (χ3v) is 3.30. The molecule has 0 saturated heterocycles. The van der Waals surface area contributed by atoms with Crippen LogP contribution in [0.3, 0.4) is 0 Å². The highest BCUT2D eigenvalue weighted by atomic mass is 16.5. The minimum absolute atomic E-state index is 0.108. The predicted molar refractivity (Wildman–Crippen MR) is 66.0 cm³/mol. The molecule has 0 atom stereocenters. The van der Waals surface area contributed by atoms with Gasteiger partial charge in [0, 0.05) is 0 Å². The average Bonchev–Trinajstić information content (AvgIpc) is 2.79. The van der Waals surface area contributed by atoms with E-state index in [4.69, 9.17) is 4.74 Å². The molecule has 2 nitrogen and oxygen atoms in total. The van der Waals surface area contributed by atoms with Crippen molar-refractivity contribution in [3.05, 3.63) is 6.42 Å². The standard InChI is InChI=1S/C14H25O2/c1-2-3-4-5-6-11-14(15)16-12-13-9-7-8-10-13/h11,13H,2-10,12H2,1H3. The van der Waals surface area contributed by atoms with Crippen molar-refractivity contribution >= 4 is 5.97 Å². The van der Waals surface area contributed by atoms with E-state index < -0.39 is 0 Å². The molecule has 0 unspecified atom stereocenters. The van der Waals surface area contributed by atoms with Crippen LogP contribution in [0.5, 0.6) is 0 Å². The molecular formula is C14H25O2. The molecule has 0 aromatic carbocycles. The molecule has 1 aliphatic carbocycles. The number of hydrogen-bond acceptors (Lipinski definition) is 2. The van der Waals surface area contributed by atoms with E-state index in [0.717, 1.165) is 12.8 Å². The Balaban J connectivity index is 1.90. The molecule has 0 N–H and O–H groups in total. The van der Waals surface area contributed by atoms with Crippen LogP contribution in [0.4, 0.5) is 0 Å². The lowest BCUT2D eigenvalue weighted by Crippen LogP contribution is -2.12. The Kier molecular flexibility index (Phi) is 7.28. The lowest BCUT2D eigenvalue weighted by molar-refractivity contribution is -0.141. The molecule has 93 valence electrons. The minimum Gasteiger partial charge on any atom is -0.465 e. The SMILES string of the molecule is CCCCCC[CH]C(=O)OCC1CCCC1. The van der Waals surface area contributed by atoms with E-state index in [1.807, 2.05) is 0 Å². The van der Waals surface area contributed by atoms with Gasteiger partial charge < -0.3 is 4.74 Å². The van der Waals surface area contributed by atoms with Crippen LogP contribution in [0.2, 0.25) is 0 Å². The highest BCUT2D eigenvalue weighted by Crippen LogP contribution is 2.24. The second-order valence-electron chi connectivity index (χ2n) is 4.83. The van der Waals surface area contributed by atoms with Gasteiger partial charge in [0.15, 0.2) is 0 Å². The molecule has 0 aromatic heterocycles. The second-order valence-corrected chi connectivity index (χ2v) is 4.83. The molecular weight excluding hydrogens is 200 g/mol. The van der Waals surface area contributed by atoms with Gasteiger partial charge in [-0.05, 0) is 25.2 Å². The Morgan fingerprint density at radius 2 is 2.00 bits per heavy atom. The van der Waals surface area contributed by atoms with E-state index in [9.17, 15) is 4.79 Å². The maximum absolute atomic E-state index is 11.4. The topological polar surface area (TPSA) is 26.3 Å². The van der Waals surface area contributed by atoms with Gasteiger partial charge in [-0.3, -0.25) is 4.79 Å². The van der Waals surface area contributed by atoms with E-state index >= 15 is 0 Å². The van der Waals surface area contributed by atoms with Crippen LogP contribution in [0.1, 0.15) is 64.7 Å². The first-order valence-corrected chi connectivity index (χ1v) is 6.83. The molecule has 0 bridgehead atoms. The van der Waals surface area contributed by atoms with Crippen LogP contribution in [0.15, 0.2) is 0 Å². The first-order valence-electron chi connectivity index (χ1n) is 6.83. The highest BCUT2D eigenvalue weighted by molar-refractivity contribution is 5.78. The van der Waals surface area contributed by atoms with Crippen LogP contribution in [-0.2, 0) is 9.53 Å². The maximum atomic E-state index is 11.4. The van der Waals surface area contributed by atoms with Gasteiger partial charge in [-0.25, -0.2) is 0 Å². The van der Waals surface area contributed by atoms with Gasteiger partial charge >= 0.3 is 5.97 Å². The van der Waals surface area contributed by atoms with Crippen LogP contribution in [0.25, 0.3) is 0 Å². The molecule has 0 amide bonds. The molecule has 0 spiro atoms. The summed E-state index contributed by atoms with van der Waals surface area (Å²) in [6.07, 6.45) is 12.5.